The van der Waals surface area contributed by atoms with Gasteiger partial charge in [-0.15, -0.1) is 11.8 Å². The lowest BCUT2D eigenvalue weighted by molar-refractivity contribution is 0.514. The first-order valence-electron chi connectivity index (χ1n) is 8.13. The number of rotatable bonds is 11. The number of unbranched alkanes of at least 4 members (excludes halogenated alkanes) is 5. The van der Waals surface area contributed by atoms with Gasteiger partial charge in [-0.1, -0.05) is 63.6 Å². The number of thioether (sulfide) groups is 1. The largest absolute Gasteiger partial charge is 0.316 e. The molecule has 1 nitrogen and oxygen atoms in total. The van der Waals surface area contributed by atoms with Crippen molar-refractivity contribution < 1.29 is 0 Å². The highest BCUT2D eigenvalue weighted by Gasteiger charge is 2.07. The van der Waals surface area contributed by atoms with Crippen LogP contribution in [-0.2, 0) is 0 Å². The summed E-state index contributed by atoms with van der Waals surface area (Å²) in [5.74, 6) is 1.18. The summed E-state index contributed by atoms with van der Waals surface area (Å²) in [6, 6.07) is 9.33. The first-order valence-corrected chi connectivity index (χ1v) is 9.12. The van der Waals surface area contributed by atoms with Gasteiger partial charge in [-0.05, 0) is 32.0 Å². The minimum atomic E-state index is 0.644. The molecule has 1 unspecified atom stereocenters. The summed E-state index contributed by atoms with van der Waals surface area (Å²) < 4.78 is 0. The molecular weight excluding hydrogens is 262 g/mol. The highest BCUT2D eigenvalue weighted by molar-refractivity contribution is 7.99. The molecule has 0 spiro atoms. The number of aryl methyl sites for hydroxylation is 1. The van der Waals surface area contributed by atoms with Gasteiger partial charge >= 0.3 is 0 Å². The molecule has 2 heteroatoms. The van der Waals surface area contributed by atoms with Crippen LogP contribution in [-0.4, -0.2) is 18.8 Å². The molecule has 0 radical (unpaired) electrons. The minimum absolute atomic E-state index is 0.644. The average molecular weight is 294 g/mol. The van der Waals surface area contributed by atoms with Crippen molar-refractivity contribution in [3.63, 3.8) is 0 Å². The van der Waals surface area contributed by atoms with Gasteiger partial charge in [0.05, 0.1) is 0 Å². The highest BCUT2D eigenvalue weighted by atomic mass is 32.2. The van der Waals surface area contributed by atoms with Gasteiger partial charge in [0.2, 0.25) is 0 Å². The smallest absolute Gasteiger partial charge is 0.0158 e. The Morgan fingerprint density at radius 1 is 1.05 bits per heavy atom. The zero-order chi connectivity index (χ0) is 14.6. The standard InChI is InChI=1S/C18H31NS/c1-4-5-6-7-8-9-13-17(19-3)15-20-18-14-11-10-12-16(18)2/h10-12,14,17,19H,4-9,13,15H2,1-3H3. The van der Waals surface area contributed by atoms with Gasteiger partial charge in [0.25, 0.3) is 0 Å². The molecule has 20 heavy (non-hydrogen) atoms. The molecule has 1 N–H and O–H groups in total. The van der Waals surface area contributed by atoms with Crippen LogP contribution in [0.5, 0.6) is 0 Å². The van der Waals surface area contributed by atoms with Crippen molar-refractivity contribution in [1.29, 1.82) is 0 Å². The Kier molecular flexibility index (Phi) is 9.86. The molecule has 1 atom stereocenters. The summed E-state index contributed by atoms with van der Waals surface area (Å²) in [5.41, 5.74) is 1.40. The lowest BCUT2D eigenvalue weighted by Crippen LogP contribution is -2.27. The van der Waals surface area contributed by atoms with Gasteiger partial charge in [0.1, 0.15) is 0 Å². The van der Waals surface area contributed by atoms with Gasteiger partial charge in [0, 0.05) is 16.7 Å². The predicted octanol–water partition coefficient (Wildman–Crippen LogP) is 5.43. The van der Waals surface area contributed by atoms with Gasteiger partial charge in [-0.25, -0.2) is 0 Å². The van der Waals surface area contributed by atoms with Crippen LogP contribution in [0.3, 0.4) is 0 Å². The highest BCUT2D eigenvalue weighted by Crippen LogP contribution is 2.23. The second kappa shape index (κ2) is 11.2. The van der Waals surface area contributed by atoms with Crippen LogP contribution in [0.2, 0.25) is 0 Å². The topological polar surface area (TPSA) is 12.0 Å². The molecule has 0 aromatic heterocycles. The van der Waals surface area contributed by atoms with Gasteiger partial charge in [0.15, 0.2) is 0 Å². The summed E-state index contributed by atoms with van der Waals surface area (Å²) in [4.78, 5) is 1.43. The Morgan fingerprint density at radius 3 is 2.45 bits per heavy atom. The zero-order valence-electron chi connectivity index (χ0n) is 13.5. The fourth-order valence-corrected chi connectivity index (χ4v) is 3.58. The molecule has 0 aliphatic carbocycles. The first-order chi connectivity index (χ1) is 9.77. The van der Waals surface area contributed by atoms with E-state index >= 15 is 0 Å². The molecule has 0 fully saturated rings. The number of benzene rings is 1. The molecule has 0 aliphatic heterocycles. The van der Waals surface area contributed by atoms with Crippen molar-refractivity contribution >= 4 is 11.8 Å². The number of hydrogen-bond acceptors (Lipinski definition) is 2. The van der Waals surface area contributed by atoms with E-state index < -0.39 is 0 Å². The van der Waals surface area contributed by atoms with E-state index in [0.717, 1.165) is 0 Å². The monoisotopic (exact) mass is 293 g/mol. The Hall–Kier alpha value is -0.470. The van der Waals surface area contributed by atoms with Crippen LogP contribution in [0.15, 0.2) is 29.2 Å². The van der Waals surface area contributed by atoms with Crippen LogP contribution in [0.1, 0.15) is 57.4 Å². The third-order valence-electron chi connectivity index (χ3n) is 3.85. The normalized spacial score (nSPS) is 12.6. The Labute approximate surface area is 129 Å². The summed E-state index contributed by atoms with van der Waals surface area (Å²) >= 11 is 1.99. The summed E-state index contributed by atoms with van der Waals surface area (Å²) in [5, 5.41) is 3.47. The molecule has 1 aromatic rings. The van der Waals surface area contributed by atoms with Crippen molar-refractivity contribution in [2.24, 2.45) is 0 Å². The van der Waals surface area contributed by atoms with E-state index in [1.54, 1.807) is 0 Å². The zero-order valence-corrected chi connectivity index (χ0v) is 14.3. The molecule has 114 valence electrons. The lowest BCUT2D eigenvalue weighted by Gasteiger charge is -2.16. The van der Waals surface area contributed by atoms with Gasteiger partial charge < -0.3 is 5.32 Å². The molecule has 0 amide bonds. The Bertz CT molecular complexity index is 351. The maximum absolute atomic E-state index is 3.47. The number of nitrogens with one attached hydrogen (secondary N) is 1. The second-order valence-electron chi connectivity index (χ2n) is 5.62. The summed E-state index contributed by atoms with van der Waals surface area (Å²) in [6.07, 6.45) is 9.64. The maximum atomic E-state index is 3.47. The van der Waals surface area contributed by atoms with E-state index in [9.17, 15) is 0 Å². The molecule has 1 aromatic carbocycles. The fraction of sp³-hybridized carbons (Fsp3) is 0.667. The lowest BCUT2D eigenvalue weighted by atomic mass is 10.1. The first kappa shape index (κ1) is 17.6. The van der Waals surface area contributed by atoms with Crippen molar-refractivity contribution in [1.82, 2.24) is 5.32 Å². The van der Waals surface area contributed by atoms with Crippen LogP contribution in [0.25, 0.3) is 0 Å². The van der Waals surface area contributed by atoms with Crippen molar-refractivity contribution in [3.05, 3.63) is 29.8 Å². The van der Waals surface area contributed by atoms with E-state index in [2.05, 4.69) is 50.5 Å². The molecule has 0 saturated heterocycles. The minimum Gasteiger partial charge on any atom is -0.316 e. The SMILES string of the molecule is CCCCCCCCC(CSc1ccccc1C)NC. The fourth-order valence-electron chi connectivity index (χ4n) is 2.39. The van der Waals surface area contributed by atoms with Crippen molar-refractivity contribution in [2.75, 3.05) is 12.8 Å². The average Bonchev–Trinajstić information content (AvgIpc) is 2.47. The molecule has 0 aliphatic rings. The number of hydrogen-bond donors (Lipinski definition) is 1. The van der Waals surface area contributed by atoms with E-state index in [4.69, 9.17) is 0 Å². The van der Waals surface area contributed by atoms with Gasteiger partial charge in [-0.2, -0.15) is 0 Å². The van der Waals surface area contributed by atoms with Gasteiger partial charge in [-0.3, -0.25) is 0 Å². The quantitative estimate of drug-likeness (QED) is 0.431. The second-order valence-corrected chi connectivity index (χ2v) is 6.68. The Balaban J connectivity index is 2.18. The molecule has 0 heterocycles. The summed E-state index contributed by atoms with van der Waals surface area (Å²) in [7, 11) is 2.10. The molecule has 0 bridgehead atoms. The van der Waals surface area contributed by atoms with Crippen LogP contribution in [0.4, 0.5) is 0 Å². The van der Waals surface area contributed by atoms with Crippen molar-refractivity contribution in [2.45, 2.75) is 69.7 Å². The van der Waals surface area contributed by atoms with Crippen LogP contribution in [0, 0.1) is 6.92 Å². The molecular formula is C18H31NS. The van der Waals surface area contributed by atoms with Crippen LogP contribution < -0.4 is 5.32 Å². The Morgan fingerprint density at radius 2 is 1.75 bits per heavy atom. The van der Waals surface area contributed by atoms with E-state index in [1.165, 1.54) is 61.2 Å². The van der Waals surface area contributed by atoms with Crippen molar-refractivity contribution in [3.8, 4) is 0 Å². The van der Waals surface area contributed by atoms with E-state index in [0.29, 0.717) is 6.04 Å². The van der Waals surface area contributed by atoms with E-state index in [-0.39, 0.29) is 0 Å². The van der Waals surface area contributed by atoms with Crippen LogP contribution >= 0.6 is 11.8 Å². The van der Waals surface area contributed by atoms with E-state index in [1.807, 2.05) is 11.8 Å². The predicted molar refractivity (Wildman–Crippen MR) is 92.7 cm³/mol. The third-order valence-corrected chi connectivity index (χ3v) is 5.19. The third kappa shape index (κ3) is 7.35. The summed E-state index contributed by atoms with van der Waals surface area (Å²) in [6.45, 7) is 4.48. The maximum Gasteiger partial charge on any atom is 0.0158 e. The molecule has 0 saturated carbocycles. The molecule has 1 rings (SSSR count).